The van der Waals surface area contributed by atoms with Crippen molar-refractivity contribution in [2.24, 2.45) is 0 Å². The van der Waals surface area contributed by atoms with Gasteiger partial charge in [0.25, 0.3) is 0 Å². The molecule has 0 unspecified atom stereocenters. The fourth-order valence-corrected chi connectivity index (χ4v) is 2.77. The first-order chi connectivity index (χ1) is 10.8. The smallest absolute Gasteiger partial charge is 0.347 e. The SMILES string of the molecule is O=C(Oc1ccccc1Cl)c1cccnc1N1CCCCC1. The number of halogens is 1. The molecule has 0 atom stereocenters. The summed E-state index contributed by atoms with van der Waals surface area (Å²) in [4.78, 5) is 19.0. The number of pyridine rings is 1. The lowest BCUT2D eigenvalue weighted by atomic mass is 10.1. The Bertz CT molecular complexity index is 669. The lowest BCUT2D eigenvalue weighted by Crippen LogP contribution is -2.32. The second-order valence-corrected chi connectivity index (χ2v) is 5.65. The van der Waals surface area contributed by atoms with Crippen molar-refractivity contribution in [1.82, 2.24) is 4.98 Å². The van der Waals surface area contributed by atoms with Crippen LogP contribution in [0.25, 0.3) is 0 Å². The monoisotopic (exact) mass is 316 g/mol. The number of nitrogens with zero attached hydrogens (tertiary/aromatic N) is 2. The van der Waals surface area contributed by atoms with Crippen molar-refractivity contribution in [3.05, 3.63) is 53.2 Å². The average Bonchev–Trinajstić information content (AvgIpc) is 2.58. The summed E-state index contributed by atoms with van der Waals surface area (Å²) < 4.78 is 5.43. The molecule has 2 aromatic rings. The molecule has 0 amide bonds. The molecule has 0 bridgehead atoms. The summed E-state index contributed by atoms with van der Waals surface area (Å²) in [7, 11) is 0. The molecule has 5 heteroatoms. The van der Waals surface area contributed by atoms with Gasteiger partial charge in [-0.1, -0.05) is 23.7 Å². The number of hydrogen-bond donors (Lipinski definition) is 0. The van der Waals surface area contributed by atoms with Crippen LogP contribution >= 0.6 is 11.6 Å². The Morgan fingerprint density at radius 1 is 1.09 bits per heavy atom. The second-order valence-electron chi connectivity index (χ2n) is 5.24. The molecule has 0 spiro atoms. The van der Waals surface area contributed by atoms with Gasteiger partial charge in [0.1, 0.15) is 17.1 Å². The molecule has 4 nitrogen and oxygen atoms in total. The van der Waals surface area contributed by atoms with Crippen LogP contribution in [0.5, 0.6) is 5.75 Å². The molecule has 1 aromatic heterocycles. The fraction of sp³-hybridized carbons (Fsp3) is 0.294. The maximum Gasteiger partial charge on any atom is 0.347 e. The van der Waals surface area contributed by atoms with Gasteiger partial charge in [0.05, 0.1) is 5.02 Å². The Morgan fingerprint density at radius 2 is 1.86 bits per heavy atom. The molecule has 2 heterocycles. The average molecular weight is 317 g/mol. The highest BCUT2D eigenvalue weighted by molar-refractivity contribution is 6.32. The highest BCUT2D eigenvalue weighted by Gasteiger charge is 2.21. The minimum atomic E-state index is -0.429. The third-order valence-electron chi connectivity index (χ3n) is 3.70. The number of hydrogen-bond acceptors (Lipinski definition) is 4. The number of para-hydroxylation sites is 1. The van der Waals surface area contributed by atoms with Gasteiger partial charge < -0.3 is 9.64 Å². The van der Waals surface area contributed by atoms with Crippen LogP contribution in [0.3, 0.4) is 0 Å². The number of esters is 1. The Hall–Kier alpha value is -2.07. The molecule has 0 saturated carbocycles. The van der Waals surface area contributed by atoms with E-state index in [1.807, 2.05) is 0 Å². The predicted octanol–water partition coefficient (Wildman–Crippen LogP) is 3.94. The van der Waals surface area contributed by atoms with E-state index in [4.69, 9.17) is 16.3 Å². The van der Waals surface area contributed by atoms with Crippen molar-refractivity contribution < 1.29 is 9.53 Å². The van der Waals surface area contributed by atoms with E-state index in [1.165, 1.54) is 6.42 Å². The first-order valence-electron chi connectivity index (χ1n) is 7.42. The van der Waals surface area contributed by atoms with Gasteiger partial charge in [0, 0.05) is 19.3 Å². The summed E-state index contributed by atoms with van der Waals surface area (Å²) in [6.45, 7) is 1.84. The summed E-state index contributed by atoms with van der Waals surface area (Å²) in [5, 5.41) is 0.416. The largest absolute Gasteiger partial charge is 0.421 e. The summed E-state index contributed by atoms with van der Waals surface area (Å²) in [6.07, 6.45) is 5.17. The van der Waals surface area contributed by atoms with Crippen molar-refractivity contribution >= 4 is 23.4 Å². The number of benzene rings is 1. The molecule has 0 aliphatic carbocycles. The number of carbonyl (C=O) groups is 1. The number of piperidine rings is 1. The van der Waals surface area contributed by atoms with Gasteiger partial charge in [-0.05, 0) is 43.5 Å². The topological polar surface area (TPSA) is 42.4 Å². The summed E-state index contributed by atoms with van der Waals surface area (Å²) in [5.74, 6) is 0.628. The van der Waals surface area contributed by atoms with Gasteiger partial charge in [0.15, 0.2) is 0 Å². The minimum absolute atomic E-state index is 0.364. The molecule has 0 radical (unpaired) electrons. The number of anilines is 1. The summed E-state index contributed by atoms with van der Waals surface area (Å²) >= 11 is 6.04. The molecule has 1 fully saturated rings. The Kier molecular flexibility index (Phi) is 4.59. The number of aromatic nitrogens is 1. The number of ether oxygens (including phenoxy) is 1. The van der Waals surface area contributed by atoms with E-state index in [-0.39, 0.29) is 0 Å². The molecule has 1 saturated heterocycles. The number of carbonyl (C=O) groups excluding carboxylic acids is 1. The maximum atomic E-state index is 12.5. The molecule has 3 rings (SSSR count). The van der Waals surface area contributed by atoms with Gasteiger partial charge in [-0.25, -0.2) is 9.78 Å². The highest BCUT2D eigenvalue weighted by Crippen LogP contribution is 2.26. The molecule has 114 valence electrons. The summed E-state index contributed by atoms with van der Waals surface area (Å²) in [5.41, 5.74) is 0.476. The van der Waals surface area contributed by atoms with Gasteiger partial charge in [-0.3, -0.25) is 0 Å². The standard InChI is InChI=1S/C17H17ClN2O2/c18-14-8-2-3-9-15(14)22-17(21)13-7-6-10-19-16(13)20-11-4-1-5-12-20/h2-3,6-10H,1,4-5,11-12H2. The van der Waals surface area contributed by atoms with Gasteiger partial charge >= 0.3 is 5.97 Å². The third-order valence-corrected chi connectivity index (χ3v) is 4.01. The highest BCUT2D eigenvalue weighted by atomic mass is 35.5. The molecule has 1 aromatic carbocycles. The first kappa shape index (κ1) is 14.9. The van der Waals surface area contributed by atoms with Crippen molar-refractivity contribution in [2.75, 3.05) is 18.0 Å². The van der Waals surface area contributed by atoms with Crippen LogP contribution in [0, 0.1) is 0 Å². The van der Waals surface area contributed by atoms with Crippen LogP contribution in [-0.2, 0) is 0 Å². The maximum absolute atomic E-state index is 12.5. The van der Waals surface area contributed by atoms with Gasteiger partial charge in [-0.15, -0.1) is 0 Å². The van der Waals surface area contributed by atoms with Crippen LogP contribution in [0.4, 0.5) is 5.82 Å². The van der Waals surface area contributed by atoms with E-state index in [1.54, 1.807) is 42.6 Å². The minimum Gasteiger partial charge on any atom is -0.421 e. The Morgan fingerprint density at radius 3 is 2.64 bits per heavy atom. The molecule has 22 heavy (non-hydrogen) atoms. The predicted molar refractivity (Wildman–Crippen MR) is 86.7 cm³/mol. The molecular formula is C17H17ClN2O2. The quantitative estimate of drug-likeness (QED) is 0.635. The molecule has 1 aliphatic heterocycles. The van der Waals surface area contributed by atoms with Crippen molar-refractivity contribution in [2.45, 2.75) is 19.3 Å². The van der Waals surface area contributed by atoms with Crippen LogP contribution < -0.4 is 9.64 Å². The lowest BCUT2D eigenvalue weighted by Gasteiger charge is -2.28. The van der Waals surface area contributed by atoms with E-state index in [0.29, 0.717) is 22.2 Å². The zero-order chi connectivity index (χ0) is 15.4. The van der Waals surface area contributed by atoms with Crippen LogP contribution in [-0.4, -0.2) is 24.0 Å². The van der Waals surface area contributed by atoms with Gasteiger partial charge in [0.2, 0.25) is 0 Å². The third kappa shape index (κ3) is 3.22. The zero-order valence-electron chi connectivity index (χ0n) is 12.2. The van der Waals surface area contributed by atoms with Crippen molar-refractivity contribution in [3.8, 4) is 5.75 Å². The molecular weight excluding hydrogens is 300 g/mol. The normalized spacial score (nSPS) is 14.7. The van der Waals surface area contributed by atoms with Crippen LogP contribution in [0.2, 0.25) is 5.02 Å². The molecule has 0 N–H and O–H groups in total. The zero-order valence-corrected chi connectivity index (χ0v) is 12.9. The van der Waals surface area contributed by atoms with E-state index in [9.17, 15) is 4.79 Å². The van der Waals surface area contributed by atoms with Crippen molar-refractivity contribution in [3.63, 3.8) is 0 Å². The first-order valence-corrected chi connectivity index (χ1v) is 7.80. The van der Waals surface area contributed by atoms with E-state index < -0.39 is 5.97 Å². The Labute approximate surface area is 134 Å². The second kappa shape index (κ2) is 6.79. The Balaban J connectivity index is 1.85. The van der Waals surface area contributed by atoms with E-state index in [0.717, 1.165) is 25.9 Å². The van der Waals surface area contributed by atoms with Crippen molar-refractivity contribution in [1.29, 1.82) is 0 Å². The molecule has 1 aliphatic rings. The fourth-order valence-electron chi connectivity index (χ4n) is 2.60. The van der Waals surface area contributed by atoms with Gasteiger partial charge in [-0.2, -0.15) is 0 Å². The van der Waals surface area contributed by atoms with E-state index >= 15 is 0 Å². The van der Waals surface area contributed by atoms with Crippen LogP contribution in [0.15, 0.2) is 42.6 Å². The lowest BCUT2D eigenvalue weighted by molar-refractivity contribution is 0.0735. The van der Waals surface area contributed by atoms with Crippen LogP contribution in [0.1, 0.15) is 29.6 Å². The van der Waals surface area contributed by atoms with E-state index in [2.05, 4.69) is 9.88 Å². The summed E-state index contributed by atoms with van der Waals surface area (Å²) in [6, 6.07) is 10.4. The number of rotatable bonds is 3.